The van der Waals surface area contributed by atoms with Gasteiger partial charge in [0.1, 0.15) is 5.75 Å². The lowest BCUT2D eigenvalue weighted by molar-refractivity contribution is -0.123. The van der Waals surface area contributed by atoms with Gasteiger partial charge < -0.3 is 14.2 Å². The van der Waals surface area contributed by atoms with E-state index >= 15 is 0 Å². The molecule has 1 aliphatic heterocycles. The topological polar surface area (TPSA) is 65.1 Å². The number of methoxy groups -OCH3 is 3. The maximum Gasteiger partial charge on any atom is 0.293 e. The molecule has 4 rings (SSSR count). The smallest absolute Gasteiger partial charge is 0.293 e. The molecular weight excluding hydrogens is 414 g/mol. The van der Waals surface area contributed by atoms with Crippen LogP contribution < -0.4 is 14.2 Å². The minimum absolute atomic E-state index is 0.218. The van der Waals surface area contributed by atoms with Gasteiger partial charge in [-0.1, -0.05) is 36.4 Å². The zero-order valence-corrected chi connectivity index (χ0v) is 18.2. The monoisotopic (exact) mass is 435 g/mol. The molecule has 1 heterocycles. The second kappa shape index (κ2) is 8.73. The summed E-state index contributed by atoms with van der Waals surface area (Å²) in [5.74, 6) is 1.20. The van der Waals surface area contributed by atoms with Gasteiger partial charge in [-0.05, 0) is 46.3 Å². The van der Waals surface area contributed by atoms with Crippen LogP contribution >= 0.6 is 11.8 Å². The zero-order chi connectivity index (χ0) is 22.0. The number of thioether (sulfide) groups is 1. The Hall–Kier alpha value is -3.45. The molecule has 158 valence electrons. The Morgan fingerprint density at radius 1 is 0.839 bits per heavy atom. The molecule has 0 bridgehead atoms. The molecule has 0 radical (unpaired) electrons. The number of hydrogen-bond acceptors (Lipinski definition) is 6. The SMILES string of the molecule is COc1cc(OC)c(OC)cc1C=C1SC(=O)N(Cc2ccc3ccccc3c2)C1=O. The number of carbonyl (C=O) groups excluding carboxylic acids is 2. The highest BCUT2D eigenvalue weighted by molar-refractivity contribution is 8.18. The predicted octanol–water partition coefficient (Wildman–Crippen LogP) is 5.10. The normalized spacial score (nSPS) is 15.1. The molecule has 0 saturated carbocycles. The molecule has 0 N–H and O–H groups in total. The summed E-state index contributed by atoms with van der Waals surface area (Å²) in [6, 6.07) is 17.3. The van der Waals surface area contributed by atoms with Crippen molar-refractivity contribution in [3.63, 3.8) is 0 Å². The Balaban J connectivity index is 1.62. The molecule has 31 heavy (non-hydrogen) atoms. The van der Waals surface area contributed by atoms with E-state index in [9.17, 15) is 9.59 Å². The van der Waals surface area contributed by atoms with Crippen LogP contribution in [0, 0.1) is 0 Å². The minimum Gasteiger partial charge on any atom is -0.496 e. The number of rotatable bonds is 6. The Kier molecular flexibility index (Phi) is 5.86. The van der Waals surface area contributed by atoms with Crippen LogP contribution in [0.2, 0.25) is 0 Å². The van der Waals surface area contributed by atoms with Gasteiger partial charge >= 0.3 is 0 Å². The minimum atomic E-state index is -0.333. The van der Waals surface area contributed by atoms with Crippen molar-refractivity contribution in [1.29, 1.82) is 0 Å². The number of hydrogen-bond donors (Lipinski definition) is 0. The fourth-order valence-corrected chi connectivity index (χ4v) is 4.29. The number of benzene rings is 3. The van der Waals surface area contributed by atoms with E-state index in [1.165, 1.54) is 26.2 Å². The number of ether oxygens (including phenoxy) is 3. The largest absolute Gasteiger partial charge is 0.496 e. The Bertz CT molecular complexity index is 1200. The van der Waals surface area contributed by atoms with Crippen molar-refractivity contribution < 1.29 is 23.8 Å². The fourth-order valence-electron chi connectivity index (χ4n) is 3.46. The average molecular weight is 436 g/mol. The van der Waals surface area contributed by atoms with Gasteiger partial charge in [0, 0.05) is 11.6 Å². The van der Waals surface area contributed by atoms with Gasteiger partial charge in [0.05, 0.1) is 32.8 Å². The summed E-state index contributed by atoms with van der Waals surface area (Å²) < 4.78 is 16.1. The van der Waals surface area contributed by atoms with E-state index in [0.29, 0.717) is 27.7 Å². The summed E-state index contributed by atoms with van der Waals surface area (Å²) >= 11 is 0.913. The van der Waals surface area contributed by atoms with Crippen molar-refractivity contribution in [1.82, 2.24) is 4.90 Å². The molecular formula is C24H21NO5S. The van der Waals surface area contributed by atoms with Crippen molar-refractivity contribution in [2.24, 2.45) is 0 Å². The van der Waals surface area contributed by atoms with Crippen LogP contribution in [0.15, 0.2) is 59.5 Å². The molecule has 0 spiro atoms. The molecule has 0 unspecified atom stereocenters. The molecule has 0 aromatic heterocycles. The van der Waals surface area contributed by atoms with Gasteiger partial charge in [0.2, 0.25) is 0 Å². The number of carbonyl (C=O) groups is 2. The highest BCUT2D eigenvalue weighted by Crippen LogP contribution is 2.39. The molecule has 7 heteroatoms. The Morgan fingerprint density at radius 2 is 1.52 bits per heavy atom. The molecule has 3 aromatic rings. The van der Waals surface area contributed by atoms with Gasteiger partial charge in [-0.25, -0.2) is 0 Å². The number of imide groups is 1. The van der Waals surface area contributed by atoms with Crippen LogP contribution in [0.25, 0.3) is 16.8 Å². The number of fused-ring (bicyclic) bond motifs is 1. The first-order chi connectivity index (χ1) is 15.0. The summed E-state index contributed by atoms with van der Waals surface area (Å²) in [7, 11) is 4.60. The lowest BCUT2D eigenvalue weighted by atomic mass is 10.1. The van der Waals surface area contributed by atoms with Gasteiger partial charge in [-0.2, -0.15) is 0 Å². The lowest BCUT2D eigenvalue weighted by Crippen LogP contribution is -2.27. The van der Waals surface area contributed by atoms with Crippen LogP contribution in [-0.4, -0.2) is 37.4 Å². The van der Waals surface area contributed by atoms with Crippen LogP contribution in [0.4, 0.5) is 4.79 Å². The standard InChI is InChI=1S/C24H21NO5S/c1-28-19-13-21(30-3)20(29-2)11-18(19)12-22-23(26)25(24(27)31-22)14-15-8-9-16-6-4-5-7-17(16)10-15/h4-13H,14H2,1-3H3. The van der Waals surface area contributed by atoms with Crippen molar-refractivity contribution in [2.75, 3.05) is 21.3 Å². The summed E-state index contributed by atoms with van der Waals surface area (Å²) in [5.41, 5.74) is 1.52. The third-order valence-corrected chi connectivity index (χ3v) is 5.96. The van der Waals surface area contributed by atoms with Crippen molar-refractivity contribution >= 4 is 39.8 Å². The molecule has 0 atom stereocenters. The first-order valence-corrected chi connectivity index (χ1v) is 10.4. The molecule has 0 aliphatic carbocycles. The molecule has 1 fully saturated rings. The number of nitrogens with zero attached hydrogens (tertiary/aromatic N) is 1. The fraction of sp³-hybridized carbons (Fsp3) is 0.167. The van der Waals surface area contributed by atoms with E-state index in [1.807, 2.05) is 42.5 Å². The highest BCUT2D eigenvalue weighted by atomic mass is 32.2. The average Bonchev–Trinajstić information content (AvgIpc) is 3.05. The summed E-state index contributed by atoms with van der Waals surface area (Å²) in [6.07, 6.45) is 1.64. The first kappa shape index (κ1) is 20.8. The second-order valence-electron chi connectivity index (χ2n) is 6.90. The van der Waals surface area contributed by atoms with Crippen molar-refractivity contribution in [2.45, 2.75) is 6.54 Å². The van der Waals surface area contributed by atoms with E-state index in [-0.39, 0.29) is 17.7 Å². The zero-order valence-electron chi connectivity index (χ0n) is 17.4. The maximum absolute atomic E-state index is 13.0. The lowest BCUT2D eigenvalue weighted by Gasteiger charge is -2.13. The summed E-state index contributed by atoms with van der Waals surface area (Å²) in [5, 5.41) is 1.88. The Labute approximate surface area is 184 Å². The van der Waals surface area contributed by atoms with Crippen LogP contribution in [0.5, 0.6) is 17.2 Å². The highest BCUT2D eigenvalue weighted by Gasteiger charge is 2.35. The number of amides is 2. The quantitative estimate of drug-likeness (QED) is 0.502. The summed E-state index contributed by atoms with van der Waals surface area (Å²) in [4.78, 5) is 27.2. The maximum atomic E-state index is 13.0. The van der Waals surface area contributed by atoms with Crippen LogP contribution in [0.3, 0.4) is 0 Å². The van der Waals surface area contributed by atoms with Crippen molar-refractivity contribution in [3.8, 4) is 17.2 Å². The van der Waals surface area contributed by atoms with E-state index < -0.39 is 0 Å². The van der Waals surface area contributed by atoms with Crippen LogP contribution in [-0.2, 0) is 11.3 Å². The first-order valence-electron chi connectivity index (χ1n) is 9.57. The van der Waals surface area contributed by atoms with Gasteiger partial charge in [-0.15, -0.1) is 0 Å². The Morgan fingerprint density at radius 3 is 2.23 bits per heavy atom. The third kappa shape index (κ3) is 4.09. The van der Waals surface area contributed by atoms with Gasteiger partial charge in [-0.3, -0.25) is 14.5 Å². The van der Waals surface area contributed by atoms with E-state index in [1.54, 1.807) is 18.2 Å². The molecule has 1 aliphatic rings. The third-order valence-electron chi connectivity index (χ3n) is 5.05. The molecule has 6 nitrogen and oxygen atoms in total. The van der Waals surface area contributed by atoms with E-state index in [0.717, 1.165) is 28.1 Å². The van der Waals surface area contributed by atoms with Gasteiger partial charge in [0.15, 0.2) is 11.5 Å². The van der Waals surface area contributed by atoms with Gasteiger partial charge in [0.25, 0.3) is 11.1 Å². The molecule has 3 aromatic carbocycles. The predicted molar refractivity (Wildman–Crippen MR) is 122 cm³/mol. The second-order valence-corrected chi connectivity index (χ2v) is 7.89. The van der Waals surface area contributed by atoms with Crippen LogP contribution in [0.1, 0.15) is 11.1 Å². The van der Waals surface area contributed by atoms with E-state index in [2.05, 4.69) is 0 Å². The van der Waals surface area contributed by atoms with Crippen molar-refractivity contribution in [3.05, 3.63) is 70.6 Å². The molecule has 2 amide bonds. The van der Waals surface area contributed by atoms with E-state index in [4.69, 9.17) is 14.2 Å². The molecule has 1 saturated heterocycles. The summed E-state index contributed by atoms with van der Waals surface area (Å²) in [6.45, 7) is 0.218.